The van der Waals surface area contributed by atoms with Crippen molar-refractivity contribution in [3.63, 3.8) is 0 Å². The van der Waals surface area contributed by atoms with Gasteiger partial charge in [-0.3, -0.25) is 14.4 Å². The summed E-state index contributed by atoms with van der Waals surface area (Å²) in [5.41, 5.74) is -0.582. The molecule has 1 spiro atoms. The van der Waals surface area contributed by atoms with Crippen molar-refractivity contribution in [2.24, 2.45) is 11.8 Å². The van der Waals surface area contributed by atoms with Gasteiger partial charge in [-0.15, -0.1) is 0 Å². The molecule has 0 aliphatic carbocycles. The number of amides is 3. The van der Waals surface area contributed by atoms with E-state index >= 15 is 9.59 Å². The molecule has 8 rings (SSSR count). The molecule has 3 amide bonds. The fourth-order valence-corrected chi connectivity index (χ4v) is 8.76. The molecule has 4 aliphatic rings. The Morgan fingerprint density at radius 1 is 0.765 bits per heavy atom. The van der Waals surface area contributed by atoms with Gasteiger partial charge in [0.05, 0.1) is 36.7 Å². The molecular weight excluding hydrogens is 642 g/mol. The first-order valence-electron chi connectivity index (χ1n) is 17.7. The Kier molecular flexibility index (Phi) is 8.27. The van der Waals surface area contributed by atoms with Crippen molar-refractivity contribution in [3.05, 3.63) is 127 Å². The number of hydrogen-bond acceptors (Lipinski definition) is 6. The Labute approximate surface area is 297 Å². The summed E-state index contributed by atoms with van der Waals surface area (Å²) in [6.07, 6.45) is 8.01. The fraction of sp³-hybridized carbons (Fsp3) is 0.310. The van der Waals surface area contributed by atoms with E-state index in [0.29, 0.717) is 42.3 Å². The van der Waals surface area contributed by atoms with Gasteiger partial charge >= 0.3 is 0 Å². The number of benzene rings is 4. The zero-order valence-corrected chi connectivity index (χ0v) is 28.7. The van der Waals surface area contributed by atoms with Gasteiger partial charge in [0.2, 0.25) is 11.8 Å². The van der Waals surface area contributed by atoms with Gasteiger partial charge in [-0.05, 0) is 66.1 Å². The van der Waals surface area contributed by atoms with Crippen LogP contribution in [0.3, 0.4) is 0 Å². The van der Waals surface area contributed by atoms with Crippen LogP contribution in [0.2, 0.25) is 0 Å². The minimum absolute atomic E-state index is 0.245. The van der Waals surface area contributed by atoms with Crippen LogP contribution in [0.25, 0.3) is 10.8 Å². The Balaban J connectivity index is 1.27. The predicted molar refractivity (Wildman–Crippen MR) is 195 cm³/mol. The van der Waals surface area contributed by atoms with E-state index in [0.717, 1.165) is 10.8 Å². The second kappa shape index (κ2) is 12.8. The molecule has 4 aromatic rings. The van der Waals surface area contributed by atoms with Crippen molar-refractivity contribution in [1.29, 1.82) is 0 Å². The van der Waals surface area contributed by atoms with Crippen molar-refractivity contribution in [1.82, 2.24) is 4.90 Å². The van der Waals surface area contributed by atoms with E-state index in [1.165, 1.54) is 4.90 Å². The van der Waals surface area contributed by atoms with E-state index in [-0.39, 0.29) is 18.4 Å². The first-order chi connectivity index (χ1) is 24.9. The van der Waals surface area contributed by atoms with Crippen LogP contribution in [0, 0.1) is 11.8 Å². The maximum atomic E-state index is 15.2. The Hall–Kier alpha value is -5.25. The van der Waals surface area contributed by atoms with Gasteiger partial charge in [-0.25, -0.2) is 0 Å². The first-order valence-corrected chi connectivity index (χ1v) is 17.7. The molecule has 4 aromatic carbocycles. The van der Waals surface area contributed by atoms with E-state index in [4.69, 9.17) is 9.47 Å². The molecule has 0 radical (unpaired) electrons. The number of aliphatic hydroxyl groups excluding tert-OH is 1. The van der Waals surface area contributed by atoms with Crippen molar-refractivity contribution in [2.75, 3.05) is 36.1 Å². The number of carbonyl (C=O) groups excluding carboxylic acids is 3. The second-order valence-electron chi connectivity index (χ2n) is 13.6. The SMILES string of the molecule is CCOc1ccc(N2CC=C[C@@]3(CC)O[C@]45C=CCN(c6ccc7ccccc7c6)C(=O)C4N([C@H](CO)c4ccccc4)C(=O)[C@@H]5[C@H]3C2=O)cc1. The van der Waals surface area contributed by atoms with Crippen LogP contribution < -0.4 is 14.5 Å². The van der Waals surface area contributed by atoms with Crippen molar-refractivity contribution < 1.29 is 29.0 Å². The predicted octanol–water partition coefficient (Wildman–Crippen LogP) is 5.84. The molecule has 2 saturated heterocycles. The number of hydrogen-bond donors (Lipinski definition) is 1. The highest BCUT2D eigenvalue weighted by atomic mass is 16.5. The lowest BCUT2D eigenvalue weighted by atomic mass is 9.73. The maximum absolute atomic E-state index is 15.2. The van der Waals surface area contributed by atoms with Gasteiger partial charge in [0.15, 0.2) is 0 Å². The third kappa shape index (κ3) is 5.09. The van der Waals surface area contributed by atoms with E-state index in [2.05, 4.69) is 0 Å². The van der Waals surface area contributed by atoms with Gasteiger partial charge in [0, 0.05) is 24.5 Å². The summed E-state index contributed by atoms with van der Waals surface area (Å²) in [6, 6.07) is 28.4. The van der Waals surface area contributed by atoms with Crippen LogP contribution >= 0.6 is 0 Å². The van der Waals surface area contributed by atoms with Crippen LogP contribution in [-0.2, 0) is 19.1 Å². The smallest absolute Gasteiger partial charge is 0.253 e. The standard InChI is InChI=1S/C42H41N3O6/c1-3-41-22-10-24-43(31-18-20-33(21-19-31)50-4-2)38(47)35(41)36-39(48)45(34(27-46)29-13-6-5-7-14-29)37-40(49)44(25-11-23-42(36,37)51-41)32-17-16-28-12-8-9-15-30(28)26-32/h5-23,26,34-37,46H,3-4,24-25,27H2,1-2H3/t34-,35+,36+,37?,41-,42+/m1/s1. The summed E-state index contributed by atoms with van der Waals surface area (Å²) in [5, 5.41) is 13.0. The molecule has 1 unspecified atom stereocenters. The highest BCUT2D eigenvalue weighted by Crippen LogP contribution is 2.60. The molecule has 4 aliphatic heterocycles. The molecule has 9 heteroatoms. The number of nitrogens with zero attached hydrogens (tertiary/aromatic N) is 3. The fourth-order valence-electron chi connectivity index (χ4n) is 8.76. The third-order valence-electron chi connectivity index (χ3n) is 11.1. The number of aliphatic hydroxyl groups is 1. The lowest BCUT2D eigenvalue weighted by Crippen LogP contribution is -2.57. The topological polar surface area (TPSA) is 99.6 Å². The summed E-state index contributed by atoms with van der Waals surface area (Å²) in [5.74, 6) is -2.24. The summed E-state index contributed by atoms with van der Waals surface area (Å²) < 4.78 is 12.9. The van der Waals surface area contributed by atoms with Crippen molar-refractivity contribution in [2.45, 2.75) is 43.6 Å². The number of likely N-dealkylation sites (tertiary alicyclic amines) is 1. The largest absolute Gasteiger partial charge is 0.494 e. The zero-order chi connectivity index (χ0) is 35.3. The number of anilines is 2. The zero-order valence-electron chi connectivity index (χ0n) is 28.7. The minimum atomic E-state index is -1.48. The monoisotopic (exact) mass is 683 g/mol. The Morgan fingerprint density at radius 3 is 2.14 bits per heavy atom. The molecule has 1 N–H and O–H groups in total. The molecule has 51 heavy (non-hydrogen) atoms. The summed E-state index contributed by atoms with van der Waals surface area (Å²) >= 11 is 0. The number of carbonyl (C=O) groups is 3. The van der Waals surface area contributed by atoms with E-state index < -0.39 is 47.6 Å². The van der Waals surface area contributed by atoms with Crippen molar-refractivity contribution >= 4 is 39.9 Å². The van der Waals surface area contributed by atoms with Gasteiger partial charge in [0.25, 0.3) is 5.91 Å². The van der Waals surface area contributed by atoms with Crippen LogP contribution in [0.1, 0.15) is 31.9 Å². The quantitative estimate of drug-likeness (QED) is 0.235. The maximum Gasteiger partial charge on any atom is 0.253 e. The van der Waals surface area contributed by atoms with E-state index in [9.17, 15) is 9.90 Å². The number of ether oxygens (including phenoxy) is 2. The lowest BCUT2D eigenvalue weighted by Gasteiger charge is -2.41. The molecule has 0 aromatic heterocycles. The molecule has 6 atom stereocenters. The van der Waals surface area contributed by atoms with Gasteiger partial charge < -0.3 is 29.3 Å². The van der Waals surface area contributed by atoms with Gasteiger partial charge in [-0.2, -0.15) is 0 Å². The van der Waals surface area contributed by atoms with E-state index in [1.54, 1.807) is 9.80 Å². The highest BCUT2D eigenvalue weighted by molar-refractivity contribution is 6.08. The number of fused-ring (bicyclic) bond motifs is 3. The van der Waals surface area contributed by atoms with Gasteiger partial charge in [0.1, 0.15) is 17.4 Å². The molecular formula is C42H41N3O6. The van der Waals surface area contributed by atoms with E-state index in [1.807, 2.05) is 135 Å². The average Bonchev–Trinajstić information content (AvgIpc) is 3.45. The first kappa shape index (κ1) is 32.9. The second-order valence-corrected chi connectivity index (χ2v) is 13.6. The van der Waals surface area contributed by atoms with Crippen LogP contribution in [0.15, 0.2) is 121 Å². The van der Waals surface area contributed by atoms with Crippen molar-refractivity contribution in [3.8, 4) is 5.75 Å². The Morgan fingerprint density at radius 2 is 1.43 bits per heavy atom. The third-order valence-corrected chi connectivity index (χ3v) is 11.1. The number of rotatable bonds is 8. The molecule has 0 saturated carbocycles. The molecule has 0 bridgehead atoms. The lowest BCUT2D eigenvalue weighted by molar-refractivity contribution is -0.149. The molecule has 4 heterocycles. The highest BCUT2D eigenvalue weighted by Gasteiger charge is 2.76. The molecule has 2 fully saturated rings. The minimum Gasteiger partial charge on any atom is -0.494 e. The average molecular weight is 684 g/mol. The van der Waals surface area contributed by atoms with Gasteiger partial charge in [-0.1, -0.05) is 91.9 Å². The summed E-state index contributed by atoms with van der Waals surface area (Å²) in [4.78, 5) is 50.4. The normalized spacial score (nSPS) is 27.6. The van der Waals surface area contributed by atoms with Crippen LogP contribution in [-0.4, -0.2) is 71.3 Å². The summed E-state index contributed by atoms with van der Waals surface area (Å²) in [7, 11) is 0. The van der Waals surface area contributed by atoms with Crippen LogP contribution in [0.4, 0.5) is 11.4 Å². The molecule has 9 nitrogen and oxygen atoms in total. The Bertz CT molecular complexity index is 2050. The molecule has 260 valence electrons. The van der Waals surface area contributed by atoms with Crippen LogP contribution in [0.5, 0.6) is 5.75 Å². The summed E-state index contributed by atoms with van der Waals surface area (Å²) in [6.45, 7) is 4.51.